The van der Waals surface area contributed by atoms with Gasteiger partial charge in [-0.05, 0) is 94.3 Å². The number of fused-ring (bicyclic) bond motifs is 5. The molecule has 27 nitrogen and oxygen atoms in total. The first kappa shape index (κ1) is 65.9. The number of carbonyl (C=O) groups excluding carboxylic acids is 3. The Morgan fingerprint density at radius 3 is 1.77 bits per heavy atom. The van der Waals surface area contributed by atoms with Gasteiger partial charge in [0.1, 0.15) is 91.2 Å². The molecular formula is C57H90O27. The fourth-order valence-electron chi connectivity index (χ4n) is 15.7. The highest BCUT2D eigenvalue weighted by molar-refractivity contribution is 5.80. The molecule has 27 heteroatoms. The summed E-state index contributed by atoms with van der Waals surface area (Å²) in [6.45, 7) is 9.86. The van der Waals surface area contributed by atoms with E-state index in [2.05, 4.69) is 19.9 Å². The third-order valence-corrected chi connectivity index (χ3v) is 20.0. The zero-order chi connectivity index (χ0) is 61.0. The number of allylic oxidation sites excluding steroid dienone is 1. The largest absolute Gasteiger partial charge is 0.457 e. The lowest BCUT2D eigenvalue weighted by molar-refractivity contribution is -0.373. The van der Waals surface area contributed by atoms with Crippen LogP contribution in [0.1, 0.15) is 99.8 Å². The zero-order valence-corrected chi connectivity index (χ0v) is 49.1. The smallest absolute Gasteiger partial charge is 0.303 e. The Bertz CT molecular complexity index is 2280. The molecular weight excluding hydrogens is 1120 g/mol. The van der Waals surface area contributed by atoms with Gasteiger partial charge in [-0.3, -0.25) is 14.4 Å². The molecule has 9 aliphatic rings. The van der Waals surface area contributed by atoms with Crippen LogP contribution in [0.15, 0.2) is 11.6 Å². The Morgan fingerprint density at radius 2 is 1.15 bits per heavy atom. The quantitative estimate of drug-likeness (QED) is 0.0531. The first-order chi connectivity index (χ1) is 39.8. The van der Waals surface area contributed by atoms with Gasteiger partial charge in [0.15, 0.2) is 43.7 Å². The summed E-state index contributed by atoms with van der Waals surface area (Å²) in [4.78, 5) is 38.2. The first-order valence-electron chi connectivity index (χ1n) is 29.6. The number of esters is 2. The molecule has 84 heavy (non-hydrogen) atoms. The maximum absolute atomic E-state index is 13.9. The molecule has 32 atom stereocenters. The Balaban J connectivity index is 0.835. The Kier molecular flexibility index (Phi) is 21.1. The average Bonchev–Trinajstić information content (AvgIpc) is 1.47. The molecule has 0 aromatic carbocycles. The lowest BCUT2D eigenvalue weighted by Gasteiger charge is -2.58. The molecule has 5 aliphatic heterocycles. The molecule has 480 valence electrons. The second-order valence-electron chi connectivity index (χ2n) is 25.1. The summed E-state index contributed by atoms with van der Waals surface area (Å²) in [5.74, 6) is -1.41. The summed E-state index contributed by atoms with van der Waals surface area (Å²) in [7, 11) is 3.01. The monoisotopic (exact) mass is 1210 g/mol. The van der Waals surface area contributed by atoms with Gasteiger partial charge < -0.3 is 117 Å². The lowest BCUT2D eigenvalue weighted by atomic mass is 9.47. The molecule has 10 N–H and O–H groups in total. The van der Waals surface area contributed by atoms with E-state index in [0.29, 0.717) is 19.3 Å². The molecule has 0 aromatic heterocycles. The van der Waals surface area contributed by atoms with Crippen molar-refractivity contribution in [3.63, 3.8) is 0 Å². The van der Waals surface area contributed by atoms with Crippen LogP contribution in [0.5, 0.6) is 0 Å². The van der Waals surface area contributed by atoms with Crippen LogP contribution >= 0.6 is 0 Å². The van der Waals surface area contributed by atoms with Crippen molar-refractivity contribution < 1.29 is 132 Å². The van der Waals surface area contributed by atoms with Crippen LogP contribution in [0.25, 0.3) is 0 Å². The van der Waals surface area contributed by atoms with Gasteiger partial charge in [-0.1, -0.05) is 25.5 Å². The van der Waals surface area contributed by atoms with Gasteiger partial charge in [0, 0.05) is 40.4 Å². The van der Waals surface area contributed by atoms with Gasteiger partial charge in [0.05, 0.1) is 50.3 Å². The first-order valence-corrected chi connectivity index (χ1v) is 29.6. The number of aliphatic hydroxyl groups excluding tert-OH is 10. The Hall–Kier alpha value is -2.53. The van der Waals surface area contributed by atoms with Crippen LogP contribution in [-0.2, 0) is 80.7 Å². The second kappa shape index (κ2) is 26.9. The van der Waals surface area contributed by atoms with E-state index in [0.717, 1.165) is 32.1 Å². The fourth-order valence-corrected chi connectivity index (χ4v) is 15.7. The minimum atomic E-state index is -1.92. The van der Waals surface area contributed by atoms with Crippen LogP contribution in [0.3, 0.4) is 0 Å². The fraction of sp³-hybridized carbons (Fsp3) is 0.912. The van der Waals surface area contributed by atoms with Gasteiger partial charge in [-0.2, -0.15) is 0 Å². The SMILES string of the molecule is CO[C@H]1[C@@H](OC(C)=O)[C@@H](C)O[C@@H](O[C@H]2[C@@H](OC)C[C@H](O[C@H]3CC[C@@]4(C)C(=CC[C@H]5[C@@H]6C[C@@H](O[C@@H]7O[C@H](CO[C@@H]8O[C@H](CO)[C@@H](O)[C@H](O)[C@H]8O[C@@H]8O[C@H](CO)[C@@H](O)[C@H](O)[C@H]8O)[C@@H](O)[C@H](O)[C@H]7O)[C@H](C(C)=O)[C@@]6(C)CC[C@@H]54)C3)O[C@@H]2C)[C@@H]1OC(C)=O. The number of aliphatic hydroxyl groups is 10. The van der Waals surface area contributed by atoms with E-state index >= 15 is 0 Å². The van der Waals surface area contributed by atoms with E-state index in [1.165, 1.54) is 33.5 Å². The molecule has 4 aliphatic carbocycles. The number of hydrogen-bond donors (Lipinski definition) is 10. The van der Waals surface area contributed by atoms with E-state index in [9.17, 15) is 65.4 Å². The lowest BCUT2D eigenvalue weighted by Crippen LogP contribution is -2.65. The maximum Gasteiger partial charge on any atom is 0.303 e. The number of rotatable bonds is 18. The molecule has 9 rings (SSSR count). The van der Waals surface area contributed by atoms with E-state index in [-0.39, 0.29) is 35.1 Å². The predicted molar refractivity (Wildman–Crippen MR) is 281 cm³/mol. The van der Waals surface area contributed by atoms with Gasteiger partial charge in [0.25, 0.3) is 0 Å². The third-order valence-electron chi connectivity index (χ3n) is 20.0. The van der Waals surface area contributed by atoms with Crippen LogP contribution in [0, 0.1) is 34.5 Å². The van der Waals surface area contributed by atoms with E-state index in [1.807, 2.05) is 6.92 Å². The summed E-state index contributed by atoms with van der Waals surface area (Å²) < 4.78 is 84.5. The van der Waals surface area contributed by atoms with Gasteiger partial charge in [-0.25, -0.2) is 0 Å². The number of Topliss-reactive ketones (excluding diaryl/α,β-unsaturated/α-hetero) is 1. The summed E-state index contributed by atoms with van der Waals surface area (Å²) in [5, 5.41) is 107. The van der Waals surface area contributed by atoms with E-state index in [4.69, 9.17) is 66.3 Å². The van der Waals surface area contributed by atoms with Crippen molar-refractivity contribution in [3.05, 3.63) is 11.6 Å². The van der Waals surface area contributed by atoms with Crippen molar-refractivity contribution in [2.24, 2.45) is 34.5 Å². The van der Waals surface area contributed by atoms with Crippen LogP contribution in [0.2, 0.25) is 0 Å². The summed E-state index contributed by atoms with van der Waals surface area (Å²) in [6, 6.07) is 0. The van der Waals surface area contributed by atoms with Crippen LogP contribution in [0.4, 0.5) is 0 Å². The van der Waals surface area contributed by atoms with Gasteiger partial charge in [-0.15, -0.1) is 0 Å². The van der Waals surface area contributed by atoms with E-state index in [1.54, 1.807) is 14.0 Å². The highest BCUT2D eigenvalue weighted by Crippen LogP contribution is 2.67. The van der Waals surface area contributed by atoms with Gasteiger partial charge >= 0.3 is 11.9 Å². The van der Waals surface area contributed by atoms with Crippen molar-refractivity contribution in [2.45, 2.75) is 259 Å². The van der Waals surface area contributed by atoms with Crippen LogP contribution < -0.4 is 0 Å². The Labute approximate surface area is 487 Å². The number of ether oxygens (including phenoxy) is 14. The summed E-state index contributed by atoms with van der Waals surface area (Å²) >= 11 is 0. The molecule has 8 fully saturated rings. The normalized spacial score (nSPS) is 50.5. The highest BCUT2D eigenvalue weighted by atomic mass is 16.8. The van der Waals surface area contributed by atoms with Crippen molar-refractivity contribution in [3.8, 4) is 0 Å². The maximum atomic E-state index is 13.9. The summed E-state index contributed by atoms with van der Waals surface area (Å²) in [5.41, 5.74) is 0.640. The van der Waals surface area contributed by atoms with Crippen LogP contribution in [-0.4, -0.2) is 262 Å². The highest BCUT2D eigenvalue weighted by Gasteiger charge is 2.64. The van der Waals surface area contributed by atoms with Crippen molar-refractivity contribution in [1.82, 2.24) is 0 Å². The summed E-state index contributed by atoms with van der Waals surface area (Å²) in [6.07, 6.45) is -25.9. The molecule has 3 saturated carbocycles. The van der Waals surface area contributed by atoms with Crippen molar-refractivity contribution >= 4 is 17.7 Å². The molecule has 0 bridgehead atoms. The number of ketones is 1. The number of carbonyl (C=O) groups is 3. The molecule has 0 aromatic rings. The van der Waals surface area contributed by atoms with Crippen molar-refractivity contribution in [2.75, 3.05) is 34.0 Å². The topological polar surface area (TPSA) is 383 Å². The zero-order valence-electron chi connectivity index (χ0n) is 49.1. The molecule has 5 saturated heterocycles. The minimum Gasteiger partial charge on any atom is -0.457 e. The molecule has 0 radical (unpaired) electrons. The molecule has 0 unspecified atom stereocenters. The van der Waals surface area contributed by atoms with Gasteiger partial charge in [0.2, 0.25) is 0 Å². The molecule has 0 amide bonds. The van der Waals surface area contributed by atoms with E-state index < -0.39 is 197 Å². The predicted octanol–water partition coefficient (Wildman–Crippen LogP) is -1.86. The molecule has 0 spiro atoms. The average molecular weight is 1210 g/mol. The number of methoxy groups -OCH3 is 2. The van der Waals surface area contributed by atoms with Crippen molar-refractivity contribution in [1.29, 1.82) is 0 Å². The second-order valence-corrected chi connectivity index (χ2v) is 25.1. The Morgan fingerprint density at radius 1 is 0.571 bits per heavy atom. The third kappa shape index (κ3) is 12.8. The molecule has 5 heterocycles. The number of hydrogen-bond acceptors (Lipinski definition) is 27. The minimum absolute atomic E-state index is 0.0138. The standard InChI is InChI=1S/C57H90O27/c1-22(60)38-32(79-52-45(69)43(67)41(65)36(82-52)21-73-54-49(44(68)40(64)35(20-59)81-54)84-53-46(70)42(66)39(63)34(19-58)80-53)17-31-29-11-10-27-16-28(12-14-56(27,6)30(29)13-15-57(31,38)7)78-37-18-33(71-8)47(23(2)74-37)83-55-51(77-26(5)62)50(72-9)48(24(3)75-55)76-25(4)61/h10,23-24,28-55,58-59,63-70H,11-21H2,1-9H3/t23-,24-,28+,29-,30+,31+,32-,33+,34-,35-,36-,37+,38+,39-,40-,41-,42+,43+,44+,45-,46-,47-,48+,49-,50+,51-,52-,53+,54-,55+,56+,57+/m1/s1.